The lowest BCUT2D eigenvalue weighted by molar-refractivity contribution is -0.121. The summed E-state index contributed by atoms with van der Waals surface area (Å²) < 4.78 is 0. The molecule has 0 aromatic heterocycles. The summed E-state index contributed by atoms with van der Waals surface area (Å²) in [5.74, 6) is -0.217. The van der Waals surface area contributed by atoms with Gasteiger partial charge in [0.25, 0.3) is 0 Å². The van der Waals surface area contributed by atoms with Crippen LogP contribution in [-0.2, 0) is 16.1 Å². The van der Waals surface area contributed by atoms with Crippen LogP contribution in [-0.4, -0.2) is 18.4 Å². The molecule has 2 aromatic carbocycles. The van der Waals surface area contributed by atoms with Gasteiger partial charge in [-0.05, 0) is 23.8 Å². The number of carbonyl (C=O) groups is 2. The zero-order valence-corrected chi connectivity index (χ0v) is 13.7. The molecule has 23 heavy (non-hydrogen) atoms. The first-order valence-corrected chi connectivity index (χ1v) is 7.78. The number of nitrogens with zero attached hydrogens (tertiary/aromatic N) is 1. The predicted molar refractivity (Wildman–Crippen MR) is 92.4 cm³/mol. The minimum atomic E-state index is -0.122. The minimum absolute atomic E-state index is 0.0952. The van der Waals surface area contributed by atoms with Crippen LogP contribution in [0.15, 0.2) is 54.6 Å². The van der Waals surface area contributed by atoms with E-state index >= 15 is 0 Å². The quantitative estimate of drug-likeness (QED) is 0.882. The van der Waals surface area contributed by atoms with Gasteiger partial charge in [-0.15, -0.1) is 0 Å². The Morgan fingerprint density at radius 3 is 2.48 bits per heavy atom. The van der Waals surface area contributed by atoms with Crippen molar-refractivity contribution in [3.8, 4) is 0 Å². The highest BCUT2D eigenvalue weighted by atomic mass is 35.5. The Bertz CT molecular complexity index is 674. The van der Waals surface area contributed by atoms with E-state index in [0.717, 1.165) is 5.56 Å². The first-order chi connectivity index (χ1) is 11.1. The Morgan fingerprint density at radius 1 is 1.09 bits per heavy atom. The lowest BCUT2D eigenvalue weighted by atomic mass is 10.2. The third-order valence-electron chi connectivity index (χ3n) is 3.39. The van der Waals surface area contributed by atoms with Crippen molar-refractivity contribution in [2.75, 3.05) is 11.4 Å². The van der Waals surface area contributed by atoms with Crippen molar-refractivity contribution in [2.24, 2.45) is 0 Å². The molecule has 0 radical (unpaired) electrons. The molecule has 1 N–H and O–H groups in total. The lowest BCUT2D eigenvalue weighted by Crippen LogP contribution is -2.33. The molecular formula is C18H19ClN2O2. The Balaban J connectivity index is 1.89. The molecule has 0 atom stereocenters. The smallest absolute Gasteiger partial charge is 0.223 e. The number of anilines is 1. The highest BCUT2D eigenvalue weighted by Crippen LogP contribution is 2.19. The maximum atomic E-state index is 12.0. The summed E-state index contributed by atoms with van der Waals surface area (Å²) in [7, 11) is 0. The first-order valence-electron chi connectivity index (χ1n) is 7.40. The van der Waals surface area contributed by atoms with Crippen molar-refractivity contribution in [3.63, 3.8) is 0 Å². The molecule has 0 heterocycles. The standard InChI is InChI=1S/C18H19ClN2O2/c1-14(22)21(17-9-5-8-16(19)12-17)11-10-18(23)20-13-15-6-3-2-4-7-15/h2-9,12H,10-11,13H2,1H3,(H,20,23). The second-order valence-corrected chi connectivity index (χ2v) is 5.60. The average molecular weight is 331 g/mol. The van der Waals surface area contributed by atoms with Crippen LogP contribution in [0.25, 0.3) is 0 Å². The van der Waals surface area contributed by atoms with Crippen molar-refractivity contribution >= 4 is 29.1 Å². The number of carbonyl (C=O) groups excluding carboxylic acids is 2. The summed E-state index contributed by atoms with van der Waals surface area (Å²) in [6.45, 7) is 2.27. The minimum Gasteiger partial charge on any atom is -0.352 e. The number of amides is 2. The van der Waals surface area contributed by atoms with E-state index in [1.807, 2.05) is 30.3 Å². The van der Waals surface area contributed by atoms with E-state index in [9.17, 15) is 9.59 Å². The summed E-state index contributed by atoms with van der Waals surface area (Å²) in [6, 6.07) is 16.7. The van der Waals surface area contributed by atoms with Crippen LogP contribution >= 0.6 is 11.6 Å². The zero-order chi connectivity index (χ0) is 16.7. The Morgan fingerprint density at radius 2 is 1.83 bits per heavy atom. The second kappa shape index (κ2) is 8.34. The normalized spacial score (nSPS) is 10.2. The molecule has 5 heteroatoms. The third kappa shape index (κ3) is 5.42. The van der Waals surface area contributed by atoms with Crippen molar-refractivity contribution in [1.29, 1.82) is 0 Å². The van der Waals surface area contributed by atoms with E-state index in [-0.39, 0.29) is 18.2 Å². The molecule has 0 aliphatic heterocycles. The van der Waals surface area contributed by atoms with E-state index in [4.69, 9.17) is 11.6 Å². The number of rotatable bonds is 6. The fraction of sp³-hybridized carbons (Fsp3) is 0.222. The fourth-order valence-electron chi connectivity index (χ4n) is 2.21. The van der Waals surface area contributed by atoms with Gasteiger partial charge in [-0.2, -0.15) is 0 Å². The molecule has 0 saturated carbocycles. The molecule has 4 nitrogen and oxygen atoms in total. The summed E-state index contributed by atoms with van der Waals surface area (Å²) in [4.78, 5) is 25.3. The van der Waals surface area contributed by atoms with Gasteiger partial charge in [0.1, 0.15) is 0 Å². The van der Waals surface area contributed by atoms with E-state index in [1.54, 1.807) is 29.2 Å². The lowest BCUT2D eigenvalue weighted by Gasteiger charge is -2.21. The molecule has 0 aliphatic carbocycles. The van der Waals surface area contributed by atoms with Gasteiger partial charge < -0.3 is 10.2 Å². The van der Waals surface area contributed by atoms with Crippen LogP contribution in [0.5, 0.6) is 0 Å². The van der Waals surface area contributed by atoms with Gasteiger partial charge >= 0.3 is 0 Å². The van der Waals surface area contributed by atoms with Crippen molar-refractivity contribution in [1.82, 2.24) is 5.32 Å². The van der Waals surface area contributed by atoms with Gasteiger partial charge in [0, 0.05) is 37.1 Å². The molecule has 0 saturated heterocycles. The highest BCUT2D eigenvalue weighted by molar-refractivity contribution is 6.30. The molecule has 2 aromatic rings. The number of hydrogen-bond donors (Lipinski definition) is 1. The molecule has 0 bridgehead atoms. The molecule has 0 aliphatic rings. The van der Waals surface area contributed by atoms with Crippen LogP contribution in [0.1, 0.15) is 18.9 Å². The van der Waals surface area contributed by atoms with Gasteiger partial charge in [-0.1, -0.05) is 48.0 Å². The molecule has 2 rings (SSSR count). The number of halogens is 1. The second-order valence-electron chi connectivity index (χ2n) is 5.16. The van der Waals surface area contributed by atoms with Gasteiger partial charge in [0.05, 0.1) is 0 Å². The van der Waals surface area contributed by atoms with Crippen LogP contribution < -0.4 is 10.2 Å². The summed E-state index contributed by atoms with van der Waals surface area (Å²) in [5, 5.41) is 3.41. The highest BCUT2D eigenvalue weighted by Gasteiger charge is 2.13. The third-order valence-corrected chi connectivity index (χ3v) is 3.63. The van der Waals surface area contributed by atoms with Crippen molar-refractivity contribution in [3.05, 3.63) is 65.2 Å². The van der Waals surface area contributed by atoms with Crippen LogP contribution in [0, 0.1) is 0 Å². The zero-order valence-electron chi connectivity index (χ0n) is 13.0. The van der Waals surface area contributed by atoms with Crippen LogP contribution in [0.3, 0.4) is 0 Å². The largest absolute Gasteiger partial charge is 0.352 e. The summed E-state index contributed by atoms with van der Waals surface area (Å²) >= 11 is 5.96. The van der Waals surface area contributed by atoms with Gasteiger partial charge in [-0.3, -0.25) is 9.59 Å². The maximum Gasteiger partial charge on any atom is 0.223 e. The fourth-order valence-corrected chi connectivity index (χ4v) is 2.40. The molecular weight excluding hydrogens is 312 g/mol. The van der Waals surface area contributed by atoms with E-state index < -0.39 is 0 Å². The topological polar surface area (TPSA) is 49.4 Å². The predicted octanol–water partition coefficient (Wildman–Crippen LogP) is 3.40. The SMILES string of the molecule is CC(=O)N(CCC(=O)NCc1ccccc1)c1cccc(Cl)c1. The Labute approximate surface area is 141 Å². The summed E-state index contributed by atoms with van der Waals surface area (Å²) in [6.07, 6.45) is 0.235. The van der Waals surface area contributed by atoms with Crippen molar-refractivity contribution < 1.29 is 9.59 Å². The maximum absolute atomic E-state index is 12.0. The van der Waals surface area contributed by atoms with Gasteiger partial charge in [0.15, 0.2) is 0 Å². The molecule has 0 fully saturated rings. The Kier molecular flexibility index (Phi) is 6.18. The number of nitrogens with one attached hydrogen (secondary N) is 1. The molecule has 0 spiro atoms. The monoisotopic (exact) mass is 330 g/mol. The molecule has 2 amide bonds. The average Bonchev–Trinajstić information content (AvgIpc) is 2.54. The summed E-state index contributed by atoms with van der Waals surface area (Å²) in [5.41, 5.74) is 1.74. The Hall–Kier alpha value is -2.33. The number of benzene rings is 2. The van der Waals surface area contributed by atoms with Gasteiger partial charge in [-0.25, -0.2) is 0 Å². The van der Waals surface area contributed by atoms with Crippen molar-refractivity contribution in [2.45, 2.75) is 19.9 Å². The van der Waals surface area contributed by atoms with E-state index in [2.05, 4.69) is 5.32 Å². The van der Waals surface area contributed by atoms with Crippen LogP contribution in [0.2, 0.25) is 5.02 Å². The number of hydrogen-bond acceptors (Lipinski definition) is 2. The van der Waals surface area contributed by atoms with Gasteiger partial charge in [0.2, 0.25) is 11.8 Å². The van der Waals surface area contributed by atoms with E-state index in [1.165, 1.54) is 6.92 Å². The van der Waals surface area contributed by atoms with Crippen LogP contribution in [0.4, 0.5) is 5.69 Å². The first kappa shape index (κ1) is 17.0. The molecule has 0 unspecified atom stereocenters. The molecule has 120 valence electrons. The van der Waals surface area contributed by atoms with E-state index in [0.29, 0.717) is 23.8 Å².